The molecule has 1 aliphatic rings. The third kappa shape index (κ3) is 4.23. The Hall–Kier alpha value is -2.58. The Morgan fingerprint density at radius 1 is 1.22 bits per heavy atom. The number of carboxylic acids is 1. The molecule has 1 aliphatic heterocycles. The molecule has 2 aromatic rings. The number of hydrogen-bond donors (Lipinski definition) is 1. The molecule has 27 heavy (non-hydrogen) atoms. The van der Waals surface area contributed by atoms with Gasteiger partial charge < -0.3 is 19.1 Å². The maximum absolute atomic E-state index is 12.1. The van der Waals surface area contributed by atoms with E-state index in [1.54, 1.807) is 38.6 Å². The fraction of sp³-hybridized carbons (Fsp3) is 0.474. The lowest BCUT2D eigenvalue weighted by atomic mass is 10.0. The zero-order chi connectivity index (χ0) is 19.4. The van der Waals surface area contributed by atoms with Crippen LogP contribution in [0.3, 0.4) is 0 Å². The number of aliphatic carboxylic acids is 1. The smallest absolute Gasteiger partial charge is 0.325 e. The Morgan fingerprint density at radius 2 is 1.96 bits per heavy atom. The van der Waals surface area contributed by atoms with Gasteiger partial charge in [-0.3, -0.25) is 14.6 Å². The molecule has 1 fully saturated rings. The molecule has 0 aliphatic carbocycles. The first-order chi connectivity index (χ1) is 13.0. The summed E-state index contributed by atoms with van der Waals surface area (Å²) >= 11 is 0. The van der Waals surface area contributed by atoms with Gasteiger partial charge in [0.2, 0.25) is 0 Å². The summed E-state index contributed by atoms with van der Waals surface area (Å²) in [5.74, 6) is 1.29. The van der Waals surface area contributed by atoms with Crippen molar-refractivity contribution in [2.45, 2.75) is 12.6 Å². The average Bonchev–Trinajstić information content (AvgIpc) is 3.07. The van der Waals surface area contributed by atoms with Crippen molar-refractivity contribution in [2.24, 2.45) is 7.05 Å². The maximum Gasteiger partial charge on any atom is 0.325 e. The predicted molar refractivity (Wildman–Crippen MR) is 100.0 cm³/mol. The summed E-state index contributed by atoms with van der Waals surface area (Å²) in [5, 5.41) is 9.91. The van der Waals surface area contributed by atoms with Crippen LogP contribution in [0.5, 0.6) is 11.5 Å². The molecular weight excluding hydrogens is 348 g/mol. The fourth-order valence-corrected chi connectivity index (χ4v) is 3.47. The fourth-order valence-electron chi connectivity index (χ4n) is 3.47. The van der Waals surface area contributed by atoms with Gasteiger partial charge in [-0.2, -0.15) is 0 Å². The molecule has 8 nitrogen and oxygen atoms in total. The number of methoxy groups -OCH3 is 2. The molecule has 3 rings (SSSR count). The van der Waals surface area contributed by atoms with E-state index in [0.717, 1.165) is 25.5 Å². The zero-order valence-electron chi connectivity index (χ0n) is 16.0. The summed E-state index contributed by atoms with van der Waals surface area (Å²) in [5.41, 5.74) is 0.613. The van der Waals surface area contributed by atoms with Crippen LogP contribution >= 0.6 is 0 Å². The minimum Gasteiger partial charge on any atom is -0.497 e. The molecule has 0 amide bonds. The van der Waals surface area contributed by atoms with Gasteiger partial charge >= 0.3 is 5.97 Å². The SMILES string of the molecule is COc1ccc(OC)c([C@@H](C(=O)O)N2CCN(Cc3nccn3C)CC2)c1. The number of aryl methyl sites for hydroxylation is 1. The Morgan fingerprint density at radius 3 is 2.52 bits per heavy atom. The van der Waals surface area contributed by atoms with E-state index in [1.165, 1.54) is 0 Å². The van der Waals surface area contributed by atoms with Gasteiger partial charge in [0.1, 0.15) is 23.4 Å². The Labute approximate surface area is 158 Å². The monoisotopic (exact) mass is 374 g/mol. The summed E-state index contributed by atoms with van der Waals surface area (Å²) < 4.78 is 12.7. The van der Waals surface area contributed by atoms with Crippen molar-refractivity contribution in [1.82, 2.24) is 19.4 Å². The van der Waals surface area contributed by atoms with E-state index < -0.39 is 12.0 Å². The zero-order valence-corrected chi connectivity index (χ0v) is 16.0. The van der Waals surface area contributed by atoms with Gasteiger partial charge in [0, 0.05) is 51.2 Å². The third-order valence-electron chi connectivity index (χ3n) is 5.02. The first-order valence-corrected chi connectivity index (χ1v) is 8.90. The highest BCUT2D eigenvalue weighted by Gasteiger charge is 2.33. The number of carboxylic acid groups (broad SMARTS) is 1. The summed E-state index contributed by atoms with van der Waals surface area (Å²) in [4.78, 5) is 20.7. The molecule has 0 unspecified atom stereocenters. The number of ether oxygens (including phenoxy) is 2. The van der Waals surface area contributed by atoms with Crippen LogP contribution < -0.4 is 9.47 Å². The van der Waals surface area contributed by atoms with Gasteiger partial charge in [-0.15, -0.1) is 0 Å². The predicted octanol–water partition coefficient (Wildman–Crippen LogP) is 1.38. The van der Waals surface area contributed by atoms with Gasteiger partial charge in [0.25, 0.3) is 0 Å². The Bertz CT molecular complexity index is 784. The number of rotatable bonds is 7. The van der Waals surface area contributed by atoms with E-state index >= 15 is 0 Å². The molecule has 1 aromatic carbocycles. The second kappa shape index (κ2) is 8.41. The van der Waals surface area contributed by atoms with Crippen LogP contribution in [0.1, 0.15) is 17.4 Å². The van der Waals surface area contributed by atoms with Gasteiger partial charge in [0.05, 0.1) is 20.8 Å². The lowest BCUT2D eigenvalue weighted by Gasteiger charge is -2.38. The normalized spacial score (nSPS) is 16.9. The lowest BCUT2D eigenvalue weighted by molar-refractivity contribution is -0.144. The summed E-state index contributed by atoms with van der Waals surface area (Å²) in [6, 6.07) is 4.50. The number of carbonyl (C=O) groups is 1. The van der Waals surface area contributed by atoms with Crippen molar-refractivity contribution in [3.63, 3.8) is 0 Å². The van der Waals surface area contributed by atoms with Crippen LogP contribution in [0.25, 0.3) is 0 Å². The number of nitrogens with zero attached hydrogens (tertiary/aromatic N) is 4. The second-order valence-corrected chi connectivity index (χ2v) is 6.62. The maximum atomic E-state index is 12.1. The molecule has 1 saturated heterocycles. The van der Waals surface area contributed by atoms with Gasteiger partial charge in [-0.05, 0) is 18.2 Å². The van der Waals surface area contributed by atoms with E-state index in [9.17, 15) is 9.90 Å². The standard InChI is InChI=1S/C19H26N4O4/c1-21-7-6-20-17(21)13-22-8-10-23(11-9-22)18(19(24)25)15-12-14(26-2)4-5-16(15)27-3/h4-7,12,18H,8-11,13H2,1-3H3,(H,24,25)/t18-/m0/s1. The minimum absolute atomic E-state index is 0.554. The number of benzene rings is 1. The number of piperazine rings is 1. The van der Waals surface area contributed by atoms with Crippen LogP contribution in [0.15, 0.2) is 30.6 Å². The number of hydrogen-bond acceptors (Lipinski definition) is 6. The highest BCUT2D eigenvalue weighted by Crippen LogP contribution is 2.33. The molecule has 1 N–H and O–H groups in total. The van der Waals surface area contributed by atoms with E-state index in [0.29, 0.717) is 30.2 Å². The largest absolute Gasteiger partial charge is 0.497 e. The number of aromatic nitrogens is 2. The van der Waals surface area contributed by atoms with Crippen molar-refractivity contribution in [2.75, 3.05) is 40.4 Å². The lowest BCUT2D eigenvalue weighted by Crippen LogP contribution is -2.49. The summed E-state index contributed by atoms with van der Waals surface area (Å²) in [6.07, 6.45) is 3.72. The van der Waals surface area contributed by atoms with E-state index in [4.69, 9.17) is 9.47 Å². The van der Waals surface area contributed by atoms with Crippen molar-refractivity contribution in [1.29, 1.82) is 0 Å². The van der Waals surface area contributed by atoms with E-state index in [-0.39, 0.29) is 0 Å². The highest BCUT2D eigenvalue weighted by atomic mass is 16.5. The van der Waals surface area contributed by atoms with Crippen LogP contribution in [0.2, 0.25) is 0 Å². The van der Waals surface area contributed by atoms with Crippen LogP contribution in [-0.4, -0.2) is 70.8 Å². The molecule has 8 heteroatoms. The summed E-state index contributed by atoms with van der Waals surface area (Å²) in [7, 11) is 5.10. The average molecular weight is 374 g/mol. The molecule has 1 atom stereocenters. The Kier molecular flexibility index (Phi) is 5.98. The first-order valence-electron chi connectivity index (χ1n) is 8.90. The quantitative estimate of drug-likeness (QED) is 0.784. The molecule has 1 aromatic heterocycles. The molecule has 2 heterocycles. The van der Waals surface area contributed by atoms with Crippen molar-refractivity contribution < 1.29 is 19.4 Å². The van der Waals surface area contributed by atoms with Crippen molar-refractivity contribution in [3.8, 4) is 11.5 Å². The Balaban J connectivity index is 1.74. The number of imidazole rings is 1. The molecular formula is C19H26N4O4. The molecule has 0 spiro atoms. The molecule has 146 valence electrons. The topological polar surface area (TPSA) is 80.1 Å². The molecule has 0 bridgehead atoms. The third-order valence-corrected chi connectivity index (χ3v) is 5.02. The van der Waals surface area contributed by atoms with Gasteiger partial charge in [0.15, 0.2) is 0 Å². The molecule has 0 radical (unpaired) electrons. The second-order valence-electron chi connectivity index (χ2n) is 6.62. The van der Waals surface area contributed by atoms with Crippen molar-refractivity contribution >= 4 is 5.97 Å². The van der Waals surface area contributed by atoms with Gasteiger partial charge in [-0.1, -0.05) is 0 Å². The summed E-state index contributed by atoms with van der Waals surface area (Å²) in [6.45, 7) is 3.63. The van der Waals surface area contributed by atoms with E-state index in [1.807, 2.05) is 22.7 Å². The van der Waals surface area contributed by atoms with Gasteiger partial charge in [-0.25, -0.2) is 4.98 Å². The van der Waals surface area contributed by atoms with Crippen LogP contribution in [-0.2, 0) is 18.4 Å². The van der Waals surface area contributed by atoms with Crippen LogP contribution in [0, 0.1) is 0 Å². The van der Waals surface area contributed by atoms with Crippen LogP contribution in [0.4, 0.5) is 0 Å². The minimum atomic E-state index is -0.890. The van der Waals surface area contributed by atoms with E-state index in [2.05, 4.69) is 9.88 Å². The van der Waals surface area contributed by atoms with Crippen molar-refractivity contribution in [3.05, 3.63) is 42.0 Å². The molecule has 0 saturated carbocycles. The first kappa shape index (κ1) is 19.2. The highest BCUT2D eigenvalue weighted by molar-refractivity contribution is 5.77.